The van der Waals surface area contributed by atoms with Gasteiger partial charge in [-0.15, -0.1) is 0 Å². The van der Waals surface area contributed by atoms with Gasteiger partial charge < -0.3 is 24.8 Å². The Morgan fingerprint density at radius 2 is 2.44 bits per heavy atom. The number of hydrogen-bond acceptors (Lipinski definition) is 5. The van der Waals surface area contributed by atoms with E-state index in [1.807, 2.05) is 14.0 Å². The predicted octanol–water partition coefficient (Wildman–Crippen LogP) is -0.696. The van der Waals surface area contributed by atoms with Crippen molar-refractivity contribution >= 4 is 0 Å². The fraction of sp³-hybridized carbons (Fsp3) is 1.00. The molecule has 16 heavy (non-hydrogen) atoms. The average molecular weight is 232 g/mol. The van der Waals surface area contributed by atoms with Crippen molar-refractivity contribution in [3.63, 3.8) is 0 Å². The van der Waals surface area contributed by atoms with E-state index in [0.717, 1.165) is 26.2 Å². The second-order valence-electron chi connectivity index (χ2n) is 4.23. The van der Waals surface area contributed by atoms with Gasteiger partial charge in [0.15, 0.2) is 0 Å². The molecule has 0 aromatic heterocycles. The lowest BCUT2D eigenvalue weighted by Crippen LogP contribution is -2.46. The summed E-state index contributed by atoms with van der Waals surface area (Å²) in [6.07, 6.45) is -0.181. The second kappa shape index (κ2) is 7.97. The van der Waals surface area contributed by atoms with Crippen LogP contribution in [0, 0.1) is 0 Å². The number of hydrogen-bond donors (Lipinski definition) is 2. The first kappa shape index (κ1) is 13.9. The summed E-state index contributed by atoms with van der Waals surface area (Å²) in [6, 6.07) is 0. The number of aliphatic hydroxyl groups is 1. The third-order valence-corrected chi connectivity index (χ3v) is 2.56. The molecule has 0 amide bonds. The Labute approximate surface area is 97.7 Å². The lowest BCUT2D eigenvalue weighted by Gasteiger charge is -2.29. The summed E-state index contributed by atoms with van der Waals surface area (Å²) in [6.45, 7) is 7.06. The van der Waals surface area contributed by atoms with Crippen molar-refractivity contribution in [3.8, 4) is 0 Å². The molecule has 1 rings (SSSR count). The fourth-order valence-electron chi connectivity index (χ4n) is 1.83. The van der Waals surface area contributed by atoms with Gasteiger partial charge in [-0.25, -0.2) is 0 Å². The monoisotopic (exact) mass is 232 g/mol. The number of likely N-dealkylation sites (N-methyl/N-ethyl adjacent to an activating group) is 1. The van der Waals surface area contributed by atoms with Crippen LogP contribution in [0.15, 0.2) is 0 Å². The second-order valence-corrected chi connectivity index (χ2v) is 4.23. The Kier molecular flexibility index (Phi) is 6.91. The number of aliphatic hydroxyl groups excluding tert-OH is 1. The van der Waals surface area contributed by atoms with Crippen LogP contribution < -0.4 is 5.32 Å². The third kappa shape index (κ3) is 5.77. The zero-order chi connectivity index (χ0) is 11.8. The van der Waals surface area contributed by atoms with Gasteiger partial charge in [-0.1, -0.05) is 0 Å². The Hall–Kier alpha value is -0.200. The normalized spacial score (nSPS) is 23.6. The minimum atomic E-state index is -0.415. The Morgan fingerprint density at radius 3 is 3.06 bits per heavy atom. The van der Waals surface area contributed by atoms with Gasteiger partial charge in [0, 0.05) is 32.8 Å². The van der Waals surface area contributed by atoms with Gasteiger partial charge in [-0.2, -0.15) is 0 Å². The van der Waals surface area contributed by atoms with Gasteiger partial charge in [0.25, 0.3) is 0 Å². The number of ether oxygens (including phenoxy) is 2. The lowest BCUT2D eigenvalue weighted by molar-refractivity contribution is -0.00994. The summed E-state index contributed by atoms with van der Waals surface area (Å²) in [4.78, 5) is 2.08. The molecule has 5 heteroatoms. The molecule has 1 aliphatic heterocycles. The molecule has 96 valence electrons. The van der Waals surface area contributed by atoms with Crippen LogP contribution in [-0.2, 0) is 9.47 Å². The van der Waals surface area contributed by atoms with E-state index in [2.05, 4.69) is 10.2 Å². The summed E-state index contributed by atoms with van der Waals surface area (Å²) in [5, 5.41) is 12.9. The van der Waals surface area contributed by atoms with Crippen molar-refractivity contribution in [2.45, 2.75) is 19.1 Å². The Morgan fingerprint density at radius 1 is 1.62 bits per heavy atom. The van der Waals surface area contributed by atoms with Crippen LogP contribution in [0.5, 0.6) is 0 Å². The molecule has 0 aromatic rings. The van der Waals surface area contributed by atoms with Gasteiger partial charge in [-0.05, 0) is 14.0 Å². The topological polar surface area (TPSA) is 54.0 Å². The molecule has 0 aliphatic carbocycles. The number of rotatable bonds is 7. The smallest absolute Gasteiger partial charge is 0.0900 e. The van der Waals surface area contributed by atoms with Crippen molar-refractivity contribution in [2.75, 3.05) is 53.0 Å². The van der Waals surface area contributed by atoms with E-state index in [4.69, 9.17) is 9.47 Å². The number of nitrogens with zero attached hydrogens (tertiary/aromatic N) is 1. The molecular weight excluding hydrogens is 208 g/mol. The van der Waals surface area contributed by atoms with Crippen LogP contribution in [0.2, 0.25) is 0 Å². The van der Waals surface area contributed by atoms with E-state index >= 15 is 0 Å². The molecule has 2 atom stereocenters. The highest BCUT2D eigenvalue weighted by molar-refractivity contribution is 4.71. The highest BCUT2D eigenvalue weighted by Crippen LogP contribution is 1.99. The van der Waals surface area contributed by atoms with Gasteiger partial charge in [0.2, 0.25) is 0 Å². The summed E-state index contributed by atoms with van der Waals surface area (Å²) in [7, 11) is 1.99. The van der Waals surface area contributed by atoms with Crippen LogP contribution in [0.3, 0.4) is 0 Å². The van der Waals surface area contributed by atoms with Crippen molar-refractivity contribution in [2.24, 2.45) is 0 Å². The maximum absolute atomic E-state index is 9.66. The molecule has 0 aromatic carbocycles. The minimum absolute atomic E-state index is 0.234. The molecule has 0 saturated carbocycles. The van der Waals surface area contributed by atoms with Crippen LogP contribution in [-0.4, -0.2) is 75.3 Å². The Balaban J connectivity index is 2.11. The first-order valence-corrected chi connectivity index (χ1v) is 5.99. The van der Waals surface area contributed by atoms with Crippen molar-refractivity contribution in [3.05, 3.63) is 0 Å². The van der Waals surface area contributed by atoms with Gasteiger partial charge in [0.05, 0.1) is 25.4 Å². The molecule has 0 radical (unpaired) electrons. The minimum Gasteiger partial charge on any atom is -0.389 e. The molecule has 1 saturated heterocycles. The zero-order valence-electron chi connectivity index (χ0n) is 10.3. The van der Waals surface area contributed by atoms with E-state index in [1.54, 1.807) is 0 Å². The summed E-state index contributed by atoms with van der Waals surface area (Å²) >= 11 is 0. The largest absolute Gasteiger partial charge is 0.389 e. The highest BCUT2D eigenvalue weighted by Gasteiger charge is 2.17. The Bertz CT molecular complexity index is 175. The molecule has 2 N–H and O–H groups in total. The van der Waals surface area contributed by atoms with E-state index in [0.29, 0.717) is 19.8 Å². The van der Waals surface area contributed by atoms with Crippen LogP contribution in [0.4, 0.5) is 0 Å². The van der Waals surface area contributed by atoms with Crippen LogP contribution in [0.1, 0.15) is 6.92 Å². The van der Waals surface area contributed by atoms with Crippen molar-refractivity contribution in [1.29, 1.82) is 0 Å². The molecule has 0 spiro atoms. The van der Waals surface area contributed by atoms with E-state index in [9.17, 15) is 5.11 Å². The average Bonchev–Trinajstić information content (AvgIpc) is 2.27. The first-order valence-electron chi connectivity index (χ1n) is 5.99. The summed E-state index contributed by atoms with van der Waals surface area (Å²) in [5.41, 5.74) is 0. The molecule has 1 heterocycles. The molecule has 1 fully saturated rings. The van der Waals surface area contributed by atoms with E-state index in [1.165, 1.54) is 0 Å². The quantitative estimate of drug-likeness (QED) is 0.608. The first-order chi connectivity index (χ1) is 7.72. The predicted molar refractivity (Wildman–Crippen MR) is 62.6 cm³/mol. The molecular formula is C11H24N2O3. The van der Waals surface area contributed by atoms with Gasteiger partial charge in [0.1, 0.15) is 0 Å². The summed E-state index contributed by atoms with van der Waals surface area (Å²) < 4.78 is 10.8. The third-order valence-electron chi connectivity index (χ3n) is 2.56. The van der Waals surface area contributed by atoms with Gasteiger partial charge in [-0.3, -0.25) is 0 Å². The maximum Gasteiger partial charge on any atom is 0.0900 e. The van der Waals surface area contributed by atoms with Crippen molar-refractivity contribution in [1.82, 2.24) is 10.2 Å². The summed E-state index contributed by atoms with van der Waals surface area (Å²) in [5.74, 6) is 0. The number of nitrogens with one attached hydrogen (secondary N) is 1. The lowest BCUT2D eigenvalue weighted by atomic mass is 10.2. The molecule has 2 unspecified atom stereocenters. The van der Waals surface area contributed by atoms with E-state index < -0.39 is 6.10 Å². The SMILES string of the molecule is CCOCC(O)CN(C)CC1CNCCO1. The van der Waals surface area contributed by atoms with E-state index in [-0.39, 0.29) is 6.10 Å². The molecule has 1 aliphatic rings. The van der Waals surface area contributed by atoms with Crippen LogP contribution >= 0.6 is 0 Å². The van der Waals surface area contributed by atoms with Crippen molar-refractivity contribution < 1.29 is 14.6 Å². The number of morpholine rings is 1. The standard InChI is InChI=1S/C11H24N2O3/c1-3-15-9-10(14)7-13(2)8-11-6-12-4-5-16-11/h10-12,14H,3-9H2,1-2H3. The van der Waals surface area contributed by atoms with Gasteiger partial charge >= 0.3 is 0 Å². The zero-order valence-corrected chi connectivity index (χ0v) is 10.3. The maximum atomic E-state index is 9.66. The highest BCUT2D eigenvalue weighted by atomic mass is 16.5. The molecule has 5 nitrogen and oxygen atoms in total. The fourth-order valence-corrected chi connectivity index (χ4v) is 1.83. The van der Waals surface area contributed by atoms with Crippen LogP contribution in [0.25, 0.3) is 0 Å². The molecule has 0 bridgehead atoms.